The minimum atomic E-state index is -0.0648. The molecule has 1 aliphatic heterocycles. The zero-order valence-corrected chi connectivity index (χ0v) is 9.36. The van der Waals surface area contributed by atoms with Crippen molar-refractivity contribution in [3.05, 3.63) is 0 Å². The quantitative estimate of drug-likeness (QED) is 0.512. The van der Waals surface area contributed by atoms with Gasteiger partial charge in [0.2, 0.25) is 6.41 Å². The number of carbonyl (C=O) groups is 1. The third-order valence-corrected chi connectivity index (χ3v) is 2.20. The monoisotopic (exact) mass is 203 g/mol. The van der Waals surface area contributed by atoms with E-state index in [1.165, 1.54) is 19.3 Å². The lowest BCUT2D eigenvalue weighted by atomic mass is 10.1. The lowest BCUT2D eigenvalue weighted by Gasteiger charge is -2.21. The summed E-state index contributed by atoms with van der Waals surface area (Å²) in [5, 5.41) is 0. The number of hydrogen-bond acceptors (Lipinski definition) is 3. The molecule has 1 fully saturated rings. The van der Waals surface area contributed by atoms with Gasteiger partial charge in [0.1, 0.15) is 0 Å². The average molecular weight is 203 g/mol. The van der Waals surface area contributed by atoms with E-state index in [-0.39, 0.29) is 6.29 Å². The first-order valence-corrected chi connectivity index (χ1v) is 4.99. The molecule has 1 rings (SSSR count). The normalized spacial score (nSPS) is 16.1. The molecule has 1 saturated heterocycles. The van der Waals surface area contributed by atoms with Crippen molar-refractivity contribution in [3.8, 4) is 0 Å². The zero-order valence-electron chi connectivity index (χ0n) is 9.36. The second kappa shape index (κ2) is 8.97. The van der Waals surface area contributed by atoms with Crippen LogP contribution in [0.4, 0.5) is 0 Å². The fraction of sp³-hybridized carbons (Fsp3) is 0.900. The van der Waals surface area contributed by atoms with Crippen LogP contribution in [0.2, 0.25) is 0 Å². The number of amides is 1. The summed E-state index contributed by atoms with van der Waals surface area (Å²) >= 11 is 0. The van der Waals surface area contributed by atoms with Gasteiger partial charge in [0.05, 0.1) is 0 Å². The standard InChI is InChI=1S/C6H11NO.C4H10O2/c8-6-7-4-2-1-3-5-7;1-4(5-2)6-3/h6H,1-5H2;4H,1-3H3. The van der Waals surface area contributed by atoms with Crippen molar-refractivity contribution in [1.29, 1.82) is 0 Å². The number of carbonyl (C=O) groups excluding carboxylic acids is 1. The molecule has 4 nitrogen and oxygen atoms in total. The number of ether oxygens (including phenoxy) is 2. The predicted molar refractivity (Wildman–Crippen MR) is 55.0 cm³/mol. The van der Waals surface area contributed by atoms with Crippen LogP contribution in [0.25, 0.3) is 0 Å². The van der Waals surface area contributed by atoms with E-state index in [9.17, 15) is 4.79 Å². The molecule has 0 aromatic rings. The first-order valence-electron chi connectivity index (χ1n) is 4.99. The Morgan fingerprint density at radius 1 is 1.14 bits per heavy atom. The van der Waals surface area contributed by atoms with Crippen molar-refractivity contribution in [2.45, 2.75) is 32.5 Å². The SMILES string of the molecule is COC(C)OC.O=CN1CCCCC1. The number of hydrogen-bond donors (Lipinski definition) is 0. The molecule has 1 heterocycles. The van der Waals surface area contributed by atoms with E-state index in [0.29, 0.717) is 0 Å². The van der Waals surface area contributed by atoms with Crippen molar-refractivity contribution >= 4 is 6.41 Å². The topological polar surface area (TPSA) is 38.8 Å². The summed E-state index contributed by atoms with van der Waals surface area (Å²) < 4.78 is 9.35. The summed E-state index contributed by atoms with van der Waals surface area (Å²) in [6.07, 6.45) is 4.56. The van der Waals surface area contributed by atoms with Gasteiger partial charge in [0, 0.05) is 27.3 Å². The van der Waals surface area contributed by atoms with Gasteiger partial charge >= 0.3 is 0 Å². The Bertz CT molecular complexity index is 131. The second-order valence-electron chi connectivity index (χ2n) is 3.24. The predicted octanol–water partition coefficient (Wildman–Crippen LogP) is 1.25. The van der Waals surface area contributed by atoms with Crippen LogP contribution in [0, 0.1) is 0 Å². The molecule has 4 heteroatoms. The Morgan fingerprint density at radius 3 is 1.86 bits per heavy atom. The molecule has 1 amide bonds. The molecule has 1 aliphatic rings. The largest absolute Gasteiger partial charge is 0.356 e. The maximum absolute atomic E-state index is 10.1. The van der Waals surface area contributed by atoms with Gasteiger partial charge in [-0.05, 0) is 26.2 Å². The van der Waals surface area contributed by atoms with E-state index < -0.39 is 0 Å². The minimum Gasteiger partial charge on any atom is -0.356 e. The van der Waals surface area contributed by atoms with Crippen molar-refractivity contribution in [2.24, 2.45) is 0 Å². The third-order valence-electron chi connectivity index (χ3n) is 2.20. The first kappa shape index (κ1) is 13.4. The first-order chi connectivity index (χ1) is 6.74. The van der Waals surface area contributed by atoms with Crippen molar-refractivity contribution in [3.63, 3.8) is 0 Å². The van der Waals surface area contributed by atoms with Gasteiger partial charge in [-0.15, -0.1) is 0 Å². The molecule has 0 spiro atoms. The van der Waals surface area contributed by atoms with Crippen LogP contribution in [-0.4, -0.2) is 44.9 Å². The smallest absolute Gasteiger partial charge is 0.209 e. The molecular formula is C10H21NO3. The van der Waals surface area contributed by atoms with Crippen molar-refractivity contribution < 1.29 is 14.3 Å². The van der Waals surface area contributed by atoms with Crippen LogP contribution >= 0.6 is 0 Å². The summed E-state index contributed by atoms with van der Waals surface area (Å²) in [6, 6.07) is 0. The van der Waals surface area contributed by atoms with Crippen LogP contribution in [0.15, 0.2) is 0 Å². The number of piperidine rings is 1. The van der Waals surface area contributed by atoms with Gasteiger partial charge in [0.15, 0.2) is 6.29 Å². The second-order valence-corrected chi connectivity index (χ2v) is 3.24. The Morgan fingerprint density at radius 2 is 1.64 bits per heavy atom. The molecule has 84 valence electrons. The molecule has 0 unspecified atom stereocenters. The maximum atomic E-state index is 10.1. The van der Waals surface area contributed by atoms with Gasteiger partial charge in [-0.2, -0.15) is 0 Å². The summed E-state index contributed by atoms with van der Waals surface area (Å²) in [7, 11) is 3.21. The molecule has 14 heavy (non-hydrogen) atoms. The van der Waals surface area contributed by atoms with E-state index >= 15 is 0 Å². The van der Waals surface area contributed by atoms with Crippen LogP contribution in [0.1, 0.15) is 26.2 Å². The van der Waals surface area contributed by atoms with Crippen LogP contribution in [-0.2, 0) is 14.3 Å². The van der Waals surface area contributed by atoms with Gasteiger partial charge in [-0.3, -0.25) is 4.79 Å². The van der Waals surface area contributed by atoms with E-state index in [1.54, 1.807) is 14.2 Å². The van der Waals surface area contributed by atoms with Gasteiger partial charge in [-0.25, -0.2) is 0 Å². The lowest BCUT2D eigenvalue weighted by Crippen LogP contribution is -2.27. The summed E-state index contributed by atoms with van der Waals surface area (Å²) in [6.45, 7) is 3.78. The van der Waals surface area contributed by atoms with Crippen molar-refractivity contribution in [2.75, 3.05) is 27.3 Å². The van der Waals surface area contributed by atoms with Gasteiger partial charge in [-0.1, -0.05) is 0 Å². The number of methoxy groups -OCH3 is 2. The molecule has 0 atom stereocenters. The molecule has 0 aliphatic carbocycles. The number of likely N-dealkylation sites (tertiary alicyclic amines) is 1. The number of rotatable bonds is 3. The van der Waals surface area contributed by atoms with Crippen molar-refractivity contribution in [1.82, 2.24) is 4.90 Å². The Balaban J connectivity index is 0.000000255. The summed E-state index contributed by atoms with van der Waals surface area (Å²) in [4.78, 5) is 11.9. The minimum absolute atomic E-state index is 0.0648. The Kier molecular flexibility index (Phi) is 8.57. The van der Waals surface area contributed by atoms with Crippen LogP contribution < -0.4 is 0 Å². The fourth-order valence-corrected chi connectivity index (χ4v) is 1.12. The molecule has 0 radical (unpaired) electrons. The Hall–Kier alpha value is -0.610. The van der Waals surface area contributed by atoms with Crippen LogP contribution in [0.3, 0.4) is 0 Å². The molecule has 0 aromatic heterocycles. The van der Waals surface area contributed by atoms with E-state index in [4.69, 9.17) is 0 Å². The maximum Gasteiger partial charge on any atom is 0.209 e. The van der Waals surface area contributed by atoms with Gasteiger partial charge in [0.25, 0.3) is 0 Å². The highest BCUT2D eigenvalue weighted by Crippen LogP contribution is 2.05. The molecule has 0 N–H and O–H groups in total. The lowest BCUT2D eigenvalue weighted by molar-refractivity contribution is -0.118. The third kappa shape index (κ3) is 6.86. The molecular weight excluding hydrogens is 182 g/mol. The van der Waals surface area contributed by atoms with Crippen LogP contribution in [0.5, 0.6) is 0 Å². The van der Waals surface area contributed by atoms with E-state index in [1.807, 2.05) is 11.8 Å². The Labute approximate surface area is 86.2 Å². The summed E-state index contributed by atoms with van der Waals surface area (Å²) in [5.41, 5.74) is 0. The zero-order chi connectivity index (χ0) is 10.8. The highest BCUT2D eigenvalue weighted by atomic mass is 16.7. The number of nitrogens with zero attached hydrogens (tertiary/aromatic N) is 1. The molecule has 0 bridgehead atoms. The highest BCUT2D eigenvalue weighted by molar-refractivity contribution is 5.46. The fourth-order valence-electron chi connectivity index (χ4n) is 1.12. The molecule has 0 saturated carbocycles. The summed E-state index contributed by atoms with van der Waals surface area (Å²) in [5.74, 6) is 0. The molecule has 0 aromatic carbocycles. The average Bonchev–Trinajstić information content (AvgIpc) is 2.30. The highest BCUT2D eigenvalue weighted by Gasteiger charge is 2.05. The van der Waals surface area contributed by atoms with E-state index in [2.05, 4.69) is 9.47 Å². The van der Waals surface area contributed by atoms with Gasteiger partial charge < -0.3 is 14.4 Å². The van der Waals surface area contributed by atoms with E-state index in [0.717, 1.165) is 19.5 Å².